The van der Waals surface area contributed by atoms with Crippen molar-refractivity contribution in [1.29, 1.82) is 0 Å². The maximum absolute atomic E-state index is 9.30. The Kier molecular flexibility index (Phi) is 10.2. The van der Waals surface area contributed by atoms with Crippen LogP contribution in [0.5, 0.6) is 0 Å². The number of benzene rings is 1. The number of allylic oxidation sites excluding steroid dienone is 7. The van der Waals surface area contributed by atoms with Crippen LogP contribution in [0.4, 0.5) is 0 Å². The number of hydrogen-bond acceptors (Lipinski definition) is 1. The van der Waals surface area contributed by atoms with Crippen LogP contribution in [0.15, 0.2) is 58.8 Å². The Hall–Kier alpha value is -0.180. The third-order valence-electron chi connectivity index (χ3n) is 4.75. The Bertz CT molecular complexity index is 733. The van der Waals surface area contributed by atoms with Crippen LogP contribution in [-0.4, -0.2) is 19.8 Å². The summed E-state index contributed by atoms with van der Waals surface area (Å²) >= 11 is 0. The van der Waals surface area contributed by atoms with E-state index in [0.717, 1.165) is 12.5 Å². The van der Waals surface area contributed by atoms with Gasteiger partial charge in [0.2, 0.25) is 0 Å². The summed E-state index contributed by atoms with van der Waals surface area (Å²) < 4.78 is 0. The molecular formula is C20H23Cl2OSiZr. The number of fused-ring (bicyclic) bond motifs is 1. The van der Waals surface area contributed by atoms with Gasteiger partial charge in [0.05, 0.1) is 8.07 Å². The van der Waals surface area contributed by atoms with Crippen molar-refractivity contribution in [3.05, 3.63) is 76.0 Å². The van der Waals surface area contributed by atoms with Crippen molar-refractivity contribution in [2.45, 2.75) is 32.5 Å². The molecule has 0 amide bonds. The third-order valence-corrected chi connectivity index (χ3v) is 8.13. The van der Waals surface area contributed by atoms with Crippen LogP contribution >= 0.6 is 0 Å². The minimum absolute atomic E-state index is 0. The fourth-order valence-electron chi connectivity index (χ4n) is 3.31. The van der Waals surface area contributed by atoms with Gasteiger partial charge >= 0.3 is 26.2 Å². The van der Waals surface area contributed by atoms with Crippen molar-refractivity contribution < 1.29 is 56.1 Å². The molecule has 5 heteroatoms. The number of rotatable bonds is 4. The molecule has 0 atom stereocenters. The van der Waals surface area contributed by atoms with Gasteiger partial charge in [0.25, 0.3) is 0 Å². The van der Waals surface area contributed by atoms with E-state index in [1.165, 1.54) is 33.0 Å². The normalized spacial score (nSPS) is 16.8. The molecule has 0 aliphatic heterocycles. The third kappa shape index (κ3) is 4.96. The first-order valence-corrected chi connectivity index (χ1v) is 11.2. The van der Waals surface area contributed by atoms with Gasteiger partial charge in [-0.25, -0.2) is 0 Å². The predicted molar refractivity (Wildman–Crippen MR) is 96.1 cm³/mol. The van der Waals surface area contributed by atoms with E-state index in [-0.39, 0.29) is 51.0 Å². The molecule has 0 saturated carbocycles. The van der Waals surface area contributed by atoms with Gasteiger partial charge in [-0.3, -0.25) is 0 Å². The SMILES string of the molecule is CC=C1C(C2=CC([Si](C)(C)CCO)=CC2)=[C-]c2ccccc21.[Cl-].[Cl-].[Zr+3]. The van der Waals surface area contributed by atoms with Gasteiger partial charge in [-0.2, -0.15) is 0 Å². The molecule has 0 unspecified atom stereocenters. The van der Waals surface area contributed by atoms with Crippen LogP contribution < -0.4 is 24.8 Å². The predicted octanol–water partition coefficient (Wildman–Crippen LogP) is -1.32. The molecule has 25 heavy (non-hydrogen) atoms. The van der Waals surface area contributed by atoms with E-state index in [1.807, 2.05) is 0 Å². The maximum Gasteiger partial charge on any atom is 3.00 e. The molecule has 1 radical (unpaired) electrons. The molecule has 0 bridgehead atoms. The molecule has 0 spiro atoms. The molecule has 0 aromatic heterocycles. The minimum atomic E-state index is -1.50. The summed E-state index contributed by atoms with van der Waals surface area (Å²) in [5, 5.41) is 10.8. The quantitative estimate of drug-likeness (QED) is 0.429. The van der Waals surface area contributed by atoms with E-state index in [4.69, 9.17) is 0 Å². The van der Waals surface area contributed by atoms with E-state index >= 15 is 0 Å². The molecule has 0 heterocycles. The molecule has 0 fully saturated rings. The molecule has 131 valence electrons. The van der Waals surface area contributed by atoms with Crippen molar-refractivity contribution in [3.63, 3.8) is 0 Å². The number of aliphatic hydroxyl groups is 1. The molecular weight excluding hydrogens is 446 g/mol. The van der Waals surface area contributed by atoms with Gasteiger partial charge < -0.3 is 29.9 Å². The van der Waals surface area contributed by atoms with Gasteiger partial charge in [0.1, 0.15) is 0 Å². The van der Waals surface area contributed by atoms with Gasteiger partial charge in [0, 0.05) is 6.61 Å². The summed E-state index contributed by atoms with van der Waals surface area (Å²) in [6.07, 6.45) is 11.5. The zero-order valence-corrected chi connectivity index (χ0v) is 19.8. The van der Waals surface area contributed by atoms with Crippen LogP contribution in [-0.2, 0) is 26.2 Å². The van der Waals surface area contributed by atoms with Crippen molar-refractivity contribution in [1.82, 2.24) is 0 Å². The van der Waals surface area contributed by atoms with Crippen molar-refractivity contribution >= 4 is 13.6 Å². The van der Waals surface area contributed by atoms with E-state index in [2.05, 4.69) is 68.6 Å². The Balaban J connectivity index is 0.00000192. The van der Waals surface area contributed by atoms with Crippen LogP contribution in [0.3, 0.4) is 0 Å². The summed E-state index contributed by atoms with van der Waals surface area (Å²) in [5.74, 6) is 0. The van der Waals surface area contributed by atoms with Gasteiger partial charge in [-0.1, -0.05) is 55.6 Å². The maximum atomic E-state index is 9.30. The topological polar surface area (TPSA) is 20.2 Å². The first-order chi connectivity index (χ1) is 10.6. The van der Waals surface area contributed by atoms with Crippen LogP contribution in [0.1, 0.15) is 24.5 Å². The van der Waals surface area contributed by atoms with Gasteiger partial charge in [0.15, 0.2) is 0 Å². The Morgan fingerprint density at radius 2 is 1.88 bits per heavy atom. The standard InChI is InChI=1S/C20H23OSi.2ClH.Zr/c1-4-18-19-8-6-5-7-15(19)14-20(18)16-9-10-17(13-16)22(2,3)12-11-21;;;/h4-8,10,13,21H,9,11-12H2,1-3H3;2*1H;/q-1;;;+3/p-2. The van der Waals surface area contributed by atoms with Crippen molar-refractivity contribution in [3.8, 4) is 0 Å². The second-order valence-electron chi connectivity index (χ2n) is 6.64. The Labute approximate surface area is 184 Å². The van der Waals surface area contributed by atoms with Crippen molar-refractivity contribution in [2.24, 2.45) is 0 Å². The van der Waals surface area contributed by atoms with Crippen LogP contribution in [0, 0.1) is 6.08 Å². The fourth-order valence-corrected chi connectivity index (χ4v) is 5.38. The van der Waals surface area contributed by atoms with Crippen molar-refractivity contribution in [2.75, 3.05) is 6.61 Å². The summed E-state index contributed by atoms with van der Waals surface area (Å²) in [7, 11) is -1.50. The second-order valence-corrected chi connectivity index (χ2v) is 11.5. The number of halogens is 2. The fraction of sp³-hybridized carbons (Fsp3) is 0.300. The molecule has 3 rings (SSSR count). The summed E-state index contributed by atoms with van der Waals surface area (Å²) in [4.78, 5) is 0. The minimum Gasteiger partial charge on any atom is -1.00 e. The van der Waals surface area contributed by atoms with Crippen LogP contribution in [0.25, 0.3) is 5.57 Å². The molecule has 2 aliphatic carbocycles. The molecule has 2 aliphatic rings. The number of hydrogen-bond donors (Lipinski definition) is 1. The average Bonchev–Trinajstić information content (AvgIpc) is 3.11. The molecule has 1 aromatic carbocycles. The second kappa shape index (κ2) is 10.2. The number of aliphatic hydroxyl groups excluding tert-OH is 1. The molecule has 1 aromatic rings. The zero-order chi connectivity index (χ0) is 15.7. The van der Waals surface area contributed by atoms with E-state index in [9.17, 15) is 5.11 Å². The molecule has 0 saturated heterocycles. The monoisotopic (exact) mass is 467 g/mol. The van der Waals surface area contributed by atoms with E-state index < -0.39 is 8.07 Å². The summed E-state index contributed by atoms with van der Waals surface area (Å²) in [6, 6.07) is 9.42. The first kappa shape index (κ1) is 24.8. The van der Waals surface area contributed by atoms with Gasteiger partial charge in [-0.15, -0.1) is 46.1 Å². The van der Waals surface area contributed by atoms with Crippen LogP contribution in [0.2, 0.25) is 19.1 Å². The zero-order valence-electron chi connectivity index (χ0n) is 14.9. The smallest absolute Gasteiger partial charge is 1.00 e. The first-order valence-electron chi connectivity index (χ1n) is 7.99. The Morgan fingerprint density at radius 1 is 1.20 bits per heavy atom. The summed E-state index contributed by atoms with van der Waals surface area (Å²) in [5.41, 5.74) is 6.42. The molecule has 1 N–H and O–H groups in total. The van der Waals surface area contributed by atoms with E-state index in [1.54, 1.807) is 0 Å². The average molecular weight is 470 g/mol. The van der Waals surface area contributed by atoms with Gasteiger partial charge in [-0.05, 0) is 12.5 Å². The Morgan fingerprint density at radius 3 is 2.52 bits per heavy atom. The summed E-state index contributed by atoms with van der Waals surface area (Å²) in [6.45, 7) is 7.08. The van der Waals surface area contributed by atoms with E-state index in [0.29, 0.717) is 6.61 Å². The largest absolute Gasteiger partial charge is 3.00 e. The molecule has 1 nitrogen and oxygen atoms in total.